The Kier molecular flexibility index (Phi) is 8.07. The van der Waals surface area contributed by atoms with Crippen LogP contribution in [0.5, 0.6) is 0 Å². The number of carbonyl (C=O) groups is 2. The Morgan fingerprint density at radius 3 is 2.42 bits per heavy atom. The quantitative estimate of drug-likeness (QED) is 0.501. The topological polar surface area (TPSA) is 94.1 Å². The first-order valence-electron chi connectivity index (χ1n) is 12.1. The van der Waals surface area contributed by atoms with Gasteiger partial charge in [-0.25, -0.2) is 22.5 Å². The van der Waals surface area contributed by atoms with Crippen molar-refractivity contribution in [3.05, 3.63) is 53.2 Å². The Labute approximate surface area is 223 Å². The van der Waals surface area contributed by atoms with Crippen molar-refractivity contribution in [3.63, 3.8) is 0 Å². The third-order valence-electron chi connectivity index (χ3n) is 6.60. The predicted octanol–water partition coefficient (Wildman–Crippen LogP) is 3.70. The summed E-state index contributed by atoms with van der Waals surface area (Å²) in [5.41, 5.74) is -0.854. The number of unbranched alkanes of at least 4 members (excludes halogenated alkanes) is 1. The van der Waals surface area contributed by atoms with E-state index in [1.54, 1.807) is 6.07 Å². The number of halogens is 4. The fourth-order valence-electron chi connectivity index (χ4n) is 4.59. The van der Waals surface area contributed by atoms with Crippen LogP contribution in [-0.2, 0) is 21.0 Å². The Hall–Kier alpha value is -3.06. The fraction of sp³-hybridized carbons (Fsp3) is 0.458. The van der Waals surface area contributed by atoms with Crippen molar-refractivity contribution in [3.8, 4) is 0 Å². The minimum Gasteiger partial charge on any atom is -0.353 e. The summed E-state index contributed by atoms with van der Waals surface area (Å²) in [5.74, 6) is -0.659. The molecule has 3 heterocycles. The van der Waals surface area contributed by atoms with Crippen LogP contribution >= 0.6 is 11.6 Å². The lowest BCUT2D eigenvalue weighted by atomic mass is 10.1. The van der Waals surface area contributed by atoms with Crippen molar-refractivity contribution < 1.29 is 31.2 Å². The van der Waals surface area contributed by atoms with Crippen LogP contribution in [0.2, 0.25) is 5.02 Å². The summed E-state index contributed by atoms with van der Waals surface area (Å²) < 4.78 is 67.6. The molecule has 0 spiro atoms. The van der Waals surface area contributed by atoms with Crippen molar-refractivity contribution >= 4 is 39.4 Å². The average molecular weight is 574 g/mol. The Morgan fingerprint density at radius 1 is 1.11 bits per heavy atom. The van der Waals surface area contributed by atoms with Gasteiger partial charge in [0.15, 0.2) is 0 Å². The first-order chi connectivity index (χ1) is 18.0. The maximum atomic E-state index is 13.5. The minimum absolute atomic E-state index is 0.0425. The van der Waals surface area contributed by atoms with Gasteiger partial charge < -0.3 is 14.7 Å². The van der Waals surface area contributed by atoms with Gasteiger partial charge in [-0.2, -0.15) is 13.2 Å². The zero-order valence-electron chi connectivity index (χ0n) is 20.6. The normalized spacial score (nSPS) is 18.9. The molecule has 0 aliphatic carbocycles. The number of benzene rings is 1. The van der Waals surface area contributed by atoms with Crippen molar-refractivity contribution in [2.75, 3.05) is 44.2 Å². The third kappa shape index (κ3) is 5.39. The SMILES string of the molecule is CCCCN1C(=O)N(S(=O)(=O)c2ccccc2Cl)C[C@H]1C(=O)N1CCN(c2ncccc2C(F)(F)F)CC1. The zero-order valence-corrected chi connectivity index (χ0v) is 22.1. The minimum atomic E-state index is -4.57. The highest BCUT2D eigenvalue weighted by atomic mass is 35.5. The monoisotopic (exact) mass is 573 g/mol. The highest BCUT2D eigenvalue weighted by Crippen LogP contribution is 2.35. The number of nitrogens with zero attached hydrogens (tertiary/aromatic N) is 5. The zero-order chi connectivity index (χ0) is 27.7. The van der Waals surface area contributed by atoms with E-state index in [1.807, 2.05) is 6.92 Å². The second kappa shape index (κ2) is 11.0. The predicted molar refractivity (Wildman–Crippen MR) is 134 cm³/mol. The standard InChI is InChI=1S/C24H27ClF3N5O4S/c1-2-3-11-32-19(16-33(23(32)35)38(36,37)20-9-5-4-8-18(20)25)22(34)31-14-12-30(13-15-31)21-17(24(26,27)28)7-6-10-29-21/h4-10,19H,2-3,11-16H2,1H3/t19-/m0/s1. The van der Waals surface area contributed by atoms with E-state index >= 15 is 0 Å². The molecule has 0 saturated carbocycles. The van der Waals surface area contributed by atoms with Gasteiger partial charge in [-0.15, -0.1) is 0 Å². The van der Waals surface area contributed by atoms with E-state index in [2.05, 4.69) is 4.98 Å². The lowest BCUT2D eigenvalue weighted by molar-refractivity contribution is -0.138. The lowest BCUT2D eigenvalue weighted by Crippen LogP contribution is -2.55. The van der Waals surface area contributed by atoms with Gasteiger partial charge in [0.25, 0.3) is 10.0 Å². The second-order valence-electron chi connectivity index (χ2n) is 9.00. The van der Waals surface area contributed by atoms with E-state index in [-0.39, 0.29) is 55.0 Å². The molecule has 0 radical (unpaired) electrons. The molecule has 0 N–H and O–H groups in total. The van der Waals surface area contributed by atoms with Gasteiger partial charge in [-0.3, -0.25) is 4.79 Å². The van der Waals surface area contributed by atoms with Crippen LogP contribution in [-0.4, -0.2) is 84.8 Å². The van der Waals surface area contributed by atoms with E-state index in [4.69, 9.17) is 11.6 Å². The van der Waals surface area contributed by atoms with Crippen LogP contribution in [0.3, 0.4) is 0 Å². The molecule has 2 aliphatic rings. The van der Waals surface area contributed by atoms with Crippen LogP contribution in [0.15, 0.2) is 47.5 Å². The number of urea groups is 1. The number of hydrogen-bond acceptors (Lipinski definition) is 6. The number of amides is 3. The molecule has 14 heteroatoms. The number of piperazine rings is 1. The molecular formula is C24H27ClF3N5O4S. The third-order valence-corrected chi connectivity index (χ3v) is 8.84. The number of rotatable bonds is 7. The van der Waals surface area contributed by atoms with Gasteiger partial charge in [0, 0.05) is 38.9 Å². The molecule has 2 saturated heterocycles. The summed E-state index contributed by atoms with van der Waals surface area (Å²) in [6.45, 7) is 2.09. The van der Waals surface area contributed by atoms with Gasteiger partial charge in [-0.05, 0) is 30.7 Å². The lowest BCUT2D eigenvalue weighted by Gasteiger charge is -2.38. The average Bonchev–Trinajstić information content (AvgIpc) is 3.23. The Balaban J connectivity index is 1.53. The molecule has 206 valence electrons. The first-order valence-corrected chi connectivity index (χ1v) is 13.9. The molecule has 1 atom stereocenters. The van der Waals surface area contributed by atoms with Crippen LogP contribution < -0.4 is 4.90 Å². The molecule has 38 heavy (non-hydrogen) atoms. The number of hydrogen-bond donors (Lipinski definition) is 0. The van der Waals surface area contributed by atoms with Crippen LogP contribution in [0.25, 0.3) is 0 Å². The molecule has 2 fully saturated rings. The first kappa shape index (κ1) is 28.0. The molecule has 1 aromatic carbocycles. The summed E-state index contributed by atoms with van der Waals surface area (Å²) in [6, 6.07) is 6.06. The van der Waals surface area contributed by atoms with Crippen molar-refractivity contribution in [1.29, 1.82) is 0 Å². The van der Waals surface area contributed by atoms with Crippen molar-refractivity contribution in [2.45, 2.75) is 36.9 Å². The molecule has 2 aliphatic heterocycles. The van der Waals surface area contributed by atoms with Gasteiger partial charge in [0.05, 0.1) is 17.1 Å². The number of sulfonamides is 1. The van der Waals surface area contributed by atoms with Gasteiger partial charge in [0.1, 0.15) is 16.8 Å². The Bertz CT molecular complexity index is 1300. The van der Waals surface area contributed by atoms with Gasteiger partial charge >= 0.3 is 12.2 Å². The maximum Gasteiger partial charge on any atom is 0.419 e. The van der Waals surface area contributed by atoms with Gasteiger partial charge in [0.2, 0.25) is 5.91 Å². The number of carbonyl (C=O) groups excluding carboxylic acids is 2. The van der Waals surface area contributed by atoms with Crippen LogP contribution in [0.4, 0.5) is 23.8 Å². The van der Waals surface area contributed by atoms with E-state index in [9.17, 15) is 31.2 Å². The molecule has 0 unspecified atom stereocenters. The van der Waals surface area contributed by atoms with Crippen molar-refractivity contribution in [2.24, 2.45) is 0 Å². The number of pyridine rings is 1. The molecule has 0 bridgehead atoms. The van der Waals surface area contributed by atoms with Crippen LogP contribution in [0, 0.1) is 0 Å². The molecule has 9 nitrogen and oxygen atoms in total. The summed E-state index contributed by atoms with van der Waals surface area (Å²) >= 11 is 6.09. The second-order valence-corrected chi connectivity index (χ2v) is 11.2. The Morgan fingerprint density at radius 2 is 1.79 bits per heavy atom. The van der Waals surface area contributed by atoms with Gasteiger partial charge in [-0.1, -0.05) is 37.1 Å². The summed E-state index contributed by atoms with van der Waals surface area (Å²) in [7, 11) is -4.32. The largest absolute Gasteiger partial charge is 0.419 e. The summed E-state index contributed by atoms with van der Waals surface area (Å²) in [6.07, 6.45) is -2.02. The fourth-order valence-corrected chi connectivity index (χ4v) is 6.47. The number of anilines is 1. The van der Waals surface area contributed by atoms with E-state index in [0.717, 1.165) is 6.07 Å². The highest BCUT2D eigenvalue weighted by molar-refractivity contribution is 7.89. The van der Waals surface area contributed by atoms with E-state index in [0.29, 0.717) is 17.1 Å². The smallest absolute Gasteiger partial charge is 0.353 e. The van der Waals surface area contributed by atoms with E-state index in [1.165, 1.54) is 45.2 Å². The molecule has 2 aromatic rings. The van der Waals surface area contributed by atoms with E-state index < -0.39 is 39.7 Å². The number of alkyl halides is 3. The van der Waals surface area contributed by atoms with Crippen LogP contribution in [0.1, 0.15) is 25.3 Å². The summed E-state index contributed by atoms with van der Waals surface area (Å²) in [4.78, 5) is 34.6. The van der Waals surface area contributed by atoms with Crippen molar-refractivity contribution in [1.82, 2.24) is 19.1 Å². The molecule has 1 aromatic heterocycles. The number of aromatic nitrogens is 1. The summed E-state index contributed by atoms with van der Waals surface area (Å²) in [5, 5.41) is -0.0425. The highest BCUT2D eigenvalue weighted by Gasteiger charge is 2.48. The molecular weight excluding hydrogens is 547 g/mol. The maximum absolute atomic E-state index is 13.5. The molecule has 4 rings (SSSR count). The molecule has 3 amide bonds.